The summed E-state index contributed by atoms with van der Waals surface area (Å²) in [5.41, 5.74) is 5.01. The summed E-state index contributed by atoms with van der Waals surface area (Å²) in [6.45, 7) is 1.90. The van der Waals surface area contributed by atoms with Crippen LogP contribution in [0.1, 0.15) is 29.3 Å². The van der Waals surface area contributed by atoms with Crippen LogP contribution in [0.4, 0.5) is 0 Å². The Kier molecular flexibility index (Phi) is 5.11. The number of aromatic nitrogens is 3. The monoisotopic (exact) mass is 430 g/mol. The van der Waals surface area contributed by atoms with Gasteiger partial charge in [-0.1, -0.05) is 54.2 Å². The Balaban J connectivity index is 1.41. The second-order valence-electron chi connectivity index (χ2n) is 7.73. The summed E-state index contributed by atoms with van der Waals surface area (Å²) >= 11 is 1.28. The molecule has 0 aliphatic heterocycles. The molecule has 1 atom stereocenters. The molecule has 2 aromatic heterocycles. The van der Waals surface area contributed by atoms with E-state index < -0.39 is 0 Å². The Bertz CT molecular complexity index is 1330. The lowest BCUT2D eigenvalue weighted by Crippen LogP contribution is -2.29. The molecule has 1 aliphatic carbocycles. The molecular formula is C24H22N4O2S. The third-order valence-corrected chi connectivity index (χ3v) is 6.51. The predicted molar refractivity (Wildman–Crippen MR) is 123 cm³/mol. The molecule has 6 nitrogen and oxygen atoms in total. The number of amides is 1. The van der Waals surface area contributed by atoms with Gasteiger partial charge in [0.25, 0.3) is 5.56 Å². The smallest absolute Gasteiger partial charge is 0.283 e. The van der Waals surface area contributed by atoms with Crippen molar-refractivity contribution in [3.63, 3.8) is 0 Å². The minimum atomic E-state index is -0.170. The van der Waals surface area contributed by atoms with E-state index in [9.17, 15) is 9.59 Å². The number of aromatic amines is 1. The standard InChI is InChI=1S/C24H22N4O2S/c1-15-13-20-22(25-15)23(30)28(17-8-3-2-4-9-17)24(27-20)31-14-21(29)26-19-12-11-16-7-5-6-10-18(16)19/h2-10,13,19,25H,11-12,14H2,1H3,(H,26,29). The highest BCUT2D eigenvalue weighted by Crippen LogP contribution is 2.31. The van der Waals surface area contributed by atoms with E-state index in [2.05, 4.69) is 27.4 Å². The van der Waals surface area contributed by atoms with E-state index in [0.717, 1.165) is 24.2 Å². The van der Waals surface area contributed by atoms with Crippen molar-refractivity contribution < 1.29 is 4.79 Å². The molecule has 156 valence electrons. The largest absolute Gasteiger partial charge is 0.353 e. The van der Waals surface area contributed by atoms with Gasteiger partial charge in [0.15, 0.2) is 5.16 Å². The van der Waals surface area contributed by atoms with Gasteiger partial charge in [-0.25, -0.2) is 4.98 Å². The molecule has 0 fully saturated rings. The molecule has 5 rings (SSSR count). The Morgan fingerprint density at radius 3 is 2.81 bits per heavy atom. The molecule has 31 heavy (non-hydrogen) atoms. The molecular weight excluding hydrogens is 408 g/mol. The van der Waals surface area contributed by atoms with Crippen molar-refractivity contribution in [1.82, 2.24) is 19.9 Å². The second-order valence-corrected chi connectivity index (χ2v) is 8.67. The molecule has 0 saturated carbocycles. The average molecular weight is 431 g/mol. The maximum atomic E-state index is 13.2. The van der Waals surface area contributed by atoms with Crippen LogP contribution >= 0.6 is 11.8 Å². The Labute approximate surface area is 183 Å². The third kappa shape index (κ3) is 3.77. The highest BCUT2D eigenvalue weighted by molar-refractivity contribution is 7.99. The molecule has 2 heterocycles. The first-order valence-electron chi connectivity index (χ1n) is 10.3. The number of hydrogen-bond acceptors (Lipinski definition) is 4. The van der Waals surface area contributed by atoms with Gasteiger partial charge >= 0.3 is 0 Å². The van der Waals surface area contributed by atoms with Crippen LogP contribution in [0.5, 0.6) is 0 Å². The molecule has 7 heteroatoms. The predicted octanol–water partition coefficient (Wildman–Crippen LogP) is 3.92. The molecule has 2 N–H and O–H groups in total. The number of thioether (sulfide) groups is 1. The molecule has 1 unspecified atom stereocenters. The van der Waals surface area contributed by atoms with Crippen molar-refractivity contribution in [3.8, 4) is 5.69 Å². The number of carbonyl (C=O) groups is 1. The fourth-order valence-electron chi connectivity index (χ4n) is 4.15. The van der Waals surface area contributed by atoms with Crippen LogP contribution in [0.3, 0.4) is 0 Å². The van der Waals surface area contributed by atoms with Crippen LogP contribution in [-0.2, 0) is 11.2 Å². The van der Waals surface area contributed by atoms with Crippen molar-refractivity contribution in [3.05, 3.63) is 87.8 Å². The molecule has 1 aliphatic rings. The number of para-hydroxylation sites is 1. The average Bonchev–Trinajstić information content (AvgIpc) is 3.36. The summed E-state index contributed by atoms with van der Waals surface area (Å²) < 4.78 is 1.57. The minimum absolute atomic E-state index is 0.0448. The normalized spacial score (nSPS) is 15.2. The number of hydrogen-bond donors (Lipinski definition) is 2. The quantitative estimate of drug-likeness (QED) is 0.372. The van der Waals surface area contributed by atoms with Gasteiger partial charge in [0.2, 0.25) is 5.91 Å². The lowest BCUT2D eigenvalue weighted by Gasteiger charge is -2.15. The van der Waals surface area contributed by atoms with E-state index in [1.54, 1.807) is 4.57 Å². The van der Waals surface area contributed by atoms with Crippen molar-refractivity contribution in [2.24, 2.45) is 0 Å². The summed E-state index contributed by atoms with van der Waals surface area (Å²) in [4.78, 5) is 33.7. The Morgan fingerprint density at radius 2 is 1.97 bits per heavy atom. The lowest BCUT2D eigenvalue weighted by molar-refractivity contribution is -0.119. The summed E-state index contributed by atoms with van der Waals surface area (Å²) in [5.74, 6) is 0.123. The maximum Gasteiger partial charge on any atom is 0.283 e. The van der Waals surface area contributed by atoms with Gasteiger partial charge in [0.1, 0.15) is 5.52 Å². The van der Waals surface area contributed by atoms with Crippen LogP contribution < -0.4 is 10.9 Å². The van der Waals surface area contributed by atoms with E-state index >= 15 is 0 Å². The minimum Gasteiger partial charge on any atom is -0.353 e. The molecule has 0 spiro atoms. The number of aryl methyl sites for hydroxylation is 2. The number of rotatable bonds is 5. The highest BCUT2D eigenvalue weighted by Gasteiger charge is 2.24. The van der Waals surface area contributed by atoms with Gasteiger partial charge in [-0.2, -0.15) is 0 Å². The zero-order chi connectivity index (χ0) is 21.4. The van der Waals surface area contributed by atoms with Crippen molar-refractivity contribution in [2.45, 2.75) is 31.0 Å². The van der Waals surface area contributed by atoms with Crippen molar-refractivity contribution in [1.29, 1.82) is 0 Å². The third-order valence-electron chi connectivity index (χ3n) is 5.57. The summed E-state index contributed by atoms with van der Waals surface area (Å²) in [5, 5.41) is 3.64. The van der Waals surface area contributed by atoms with Crippen LogP contribution in [0.15, 0.2) is 70.6 Å². The summed E-state index contributed by atoms with van der Waals surface area (Å²) in [6.07, 6.45) is 1.89. The van der Waals surface area contributed by atoms with Crippen molar-refractivity contribution >= 4 is 28.7 Å². The number of benzene rings is 2. The van der Waals surface area contributed by atoms with Gasteiger partial charge in [-0.3, -0.25) is 14.2 Å². The van der Waals surface area contributed by atoms with Gasteiger partial charge in [-0.05, 0) is 49.1 Å². The molecule has 2 aromatic carbocycles. The zero-order valence-electron chi connectivity index (χ0n) is 17.1. The number of H-pyrrole nitrogens is 1. The summed E-state index contributed by atoms with van der Waals surface area (Å²) in [7, 11) is 0. The summed E-state index contributed by atoms with van der Waals surface area (Å²) in [6, 6.07) is 19.5. The number of carbonyl (C=O) groups excluding carboxylic acids is 1. The molecule has 1 amide bonds. The van der Waals surface area contributed by atoms with Gasteiger partial charge in [0, 0.05) is 5.69 Å². The van der Waals surface area contributed by atoms with Crippen LogP contribution in [-0.4, -0.2) is 26.2 Å². The zero-order valence-corrected chi connectivity index (χ0v) is 17.9. The van der Waals surface area contributed by atoms with E-state index in [-0.39, 0.29) is 23.3 Å². The fraction of sp³-hybridized carbons (Fsp3) is 0.208. The first-order valence-corrected chi connectivity index (χ1v) is 11.3. The number of nitrogens with zero attached hydrogens (tertiary/aromatic N) is 2. The van der Waals surface area contributed by atoms with Crippen molar-refractivity contribution in [2.75, 3.05) is 5.75 Å². The molecule has 4 aromatic rings. The highest BCUT2D eigenvalue weighted by atomic mass is 32.2. The molecule has 0 bridgehead atoms. The van der Waals surface area contributed by atoms with Gasteiger partial charge in [-0.15, -0.1) is 0 Å². The van der Waals surface area contributed by atoms with Crippen LogP contribution in [0, 0.1) is 6.92 Å². The van der Waals surface area contributed by atoms with Crippen LogP contribution in [0.25, 0.3) is 16.7 Å². The van der Waals surface area contributed by atoms with E-state index in [0.29, 0.717) is 16.2 Å². The first-order chi connectivity index (χ1) is 15.1. The van der Waals surface area contributed by atoms with Crippen LogP contribution in [0.2, 0.25) is 0 Å². The Morgan fingerprint density at radius 1 is 1.19 bits per heavy atom. The first kappa shape index (κ1) is 19.6. The maximum absolute atomic E-state index is 13.2. The molecule has 0 radical (unpaired) electrons. The second kappa shape index (κ2) is 8.07. The number of fused-ring (bicyclic) bond motifs is 2. The van der Waals surface area contributed by atoms with Gasteiger partial charge < -0.3 is 10.3 Å². The number of nitrogens with one attached hydrogen (secondary N) is 2. The SMILES string of the molecule is Cc1cc2nc(SCC(=O)NC3CCc4ccccc43)n(-c3ccccc3)c(=O)c2[nH]1. The van der Waals surface area contributed by atoms with E-state index in [1.165, 1.54) is 22.9 Å². The van der Waals surface area contributed by atoms with E-state index in [4.69, 9.17) is 0 Å². The fourth-order valence-corrected chi connectivity index (χ4v) is 4.98. The van der Waals surface area contributed by atoms with Gasteiger partial charge in [0.05, 0.1) is 23.0 Å². The molecule has 0 saturated heterocycles. The van der Waals surface area contributed by atoms with E-state index in [1.807, 2.05) is 55.5 Å². The Hall–Kier alpha value is -3.32. The topological polar surface area (TPSA) is 79.8 Å². The lowest BCUT2D eigenvalue weighted by atomic mass is 10.1.